The van der Waals surface area contributed by atoms with Crippen LogP contribution < -0.4 is 0 Å². The molecule has 0 radical (unpaired) electrons. The number of aromatic nitrogens is 2. The molecule has 0 saturated carbocycles. The van der Waals surface area contributed by atoms with Crippen molar-refractivity contribution in [1.82, 2.24) is 14.5 Å². The first-order valence-electron chi connectivity index (χ1n) is 7.69. The summed E-state index contributed by atoms with van der Waals surface area (Å²) in [5.74, 6) is -0.854. The highest BCUT2D eigenvalue weighted by molar-refractivity contribution is 5.92. The van der Waals surface area contributed by atoms with Gasteiger partial charge in [-0.1, -0.05) is 0 Å². The molecule has 7 nitrogen and oxygen atoms in total. The number of ether oxygens (including phenoxy) is 1. The largest absolute Gasteiger partial charge is 0.465 e. The van der Waals surface area contributed by atoms with Crippen molar-refractivity contribution in [3.8, 4) is 0 Å². The molecular weight excluding hydrogens is 298 g/mol. The molecule has 0 fully saturated rings. The van der Waals surface area contributed by atoms with E-state index in [0.717, 1.165) is 11.4 Å². The second kappa shape index (κ2) is 6.28. The molecule has 0 spiro atoms. The number of carbonyl (C=O) groups is 2. The lowest BCUT2D eigenvalue weighted by atomic mass is 9.98. The Morgan fingerprint density at radius 3 is 2.91 bits per heavy atom. The number of fused-ring (bicyclic) bond motifs is 1. The molecule has 23 heavy (non-hydrogen) atoms. The summed E-state index contributed by atoms with van der Waals surface area (Å²) < 4.78 is 12.3. The first kappa shape index (κ1) is 15.3. The molecule has 1 amide bonds. The van der Waals surface area contributed by atoms with Gasteiger partial charge >= 0.3 is 5.97 Å². The maximum Gasteiger partial charge on any atom is 0.316 e. The Labute approximate surface area is 133 Å². The summed E-state index contributed by atoms with van der Waals surface area (Å²) in [6, 6.07) is 3.28. The van der Waals surface area contributed by atoms with Gasteiger partial charge in [-0.25, -0.2) is 4.98 Å². The van der Waals surface area contributed by atoms with Gasteiger partial charge in [0.1, 0.15) is 5.92 Å². The van der Waals surface area contributed by atoms with Crippen molar-refractivity contribution in [3.05, 3.63) is 41.9 Å². The Hall–Kier alpha value is -2.57. The third-order valence-corrected chi connectivity index (χ3v) is 3.96. The SMILES string of the molecule is CCOC(=O)C1CN(C(=O)c2ccco2)Cc2ncn(CC)c21. The standard InChI is InChI=1S/C16H19N3O4/c1-3-18-10-17-12-9-19(15(20)13-6-5-7-23-13)8-11(14(12)18)16(21)22-4-2/h5-7,10-11H,3-4,8-9H2,1-2H3. The third-order valence-electron chi connectivity index (χ3n) is 3.96. The van der Waals surface area contributed by atoms with Crippen LogP contribution in [0, 0.1) is 0 Å². The van der Waals surface area contributed by atoms with Crippen LogP contribution in [0.3, 0.4) is 0 Å². The van der Waals surface area contributed by atoms with E-state index in [1.54, 1.807) is 30.3 Å². The summed E-state index contributed by atoms with van der Waals surface area (Å²) >= 11 is 0. The average Bonchev–Trinajstić information content (AvgIpc) is 3.22. The second-order valence-electron chi connectivity index (χ2n) is 5.33. The summed E-state index contributed by atoms with van der Waals surface area (Å²) in [7, 11) is 0. The number of hydrogen-bond acceptors (Lipinski definition) is 5. The number of nitrogens with zero attached hydrogens (tertiary/aromatic N) is 3. The Morgan fingerprint density at radius 1 is 1.43 bits per heavy atom. The molecule has 1 aliphatic rings. The number of imidazole rings is 1. The zero-order chi connectivity index (χ0) is 16.4. The molecule has 0 aliphatic carbocycles. The van der Waals surface area contributed by atoms with Crippen LogP contribution in [0.5, 0.6) is 0 Å². The van der Waals surface area contributed by atoms with Crippen molar-refractivity contribution in [2.24, 2.45) is 0 Å². The van der Waals surface area contributed by atoms with E-state index < -0.39 is 5.92 Å². The maximum atomic E-state index is 12.5. The molecule has 3 heterocycles. The molecule has 1 aliphatic heterocycles. The van der Waals surface area contributed by atoms with E-state index in [0.29, 0.717) is 19.7 Å². The van der Waals surface area contributed by atoms with Crippen molar-refractivity contribution in [1.29, 1.82) is 0 Å². The quantitative estimate of drug-likeness (QED) is 0.804. The van der Waals surface area contributed by atoms with Crippen molar-refractivity contribution >= 4 is 11.9 Å². The van der Waals surface area contributed by atoms with Crippen LogP contribution in [0.15, 0.2) is 29.1 Å². The minimum absolute atomic E-state index is 0.249. The van der Waals surface area contributed by atoms with Gasteiger partial charge in [0.25, 0.3) is 5.91 Å². The summed E-state index contributed by atoms with van der Waals surface area (Å²) in [5.41, 5.74) is 1.57. The average molecular weight is 317 g/mol. The van der Waals surface area contributed by atoms with Gasteiger partial charge in [-0.05, 0) is 26.0 Å². The van der Waals surface area contributed by atoms with E-state index in [1.165, 1.54) is 6.26 Å². The van der Waals surface area contributed by atoms with E-state index in [9.17, 15) is 9.59 Å². The minimum Gasteiger partial charge on any atom is -0.465 e. The monoisotopic (exact) mass is 317 g/mol. The lowest BCUT2D eigenvalue weighted by Gasteiger charge is -2.31. The minimum atomic E-state index is -0.528. The van der Waals surface area contributed by atoms with Crippen LogP contribution in [-0.4, -0.2) is 39.5 Å². The van der Waals surface area contributed by atoms with E-state index in [2.05, 4.69) is 4.98 Å². The molecule has 0 saturated heterocycles. The molecule has 1 atom stereocenters. The second-order valence-corrected chi connectivity index (χ2v) is 5.33. The summed E-state index contributed by atoms with van der Waals surface area (Å²) in [4.78, 5) is 30.8. The van der Waals surface area contributed by atoms with Gasteiger partial charge in [-0.3, -0.25) is 9.59 Å². The zero-order valence-electron chi connectivity index (χ0n) is 13.2. The lowest BCUT2D eigenvalue weighted by Crippen LogP contribution is -2.41. The summed E-state index contributed by atoms with van der Waals surface area (Å²) in [5, 5.41) is 0. The number of aryl methyl sites for hydroxylation is 1. The van der Waals surface area contributed by atoms with Crippen LogP contribution in [0.25, 0.3) is 0 Å². The third kappa shape index (κ3) is 2.74. The van der Waals surface area contributed by atoms with Gasteiger partial charge in [0, 0.05) is 13.1 Å². The number of amides is 1. The molecule has 0 aromatic carbocycles. The summed E-state index contributed by atoms with van der Waals surface area (Å²) in [6.07, 6.45) is 3.16. The summed E-state index contributed by atoms with van der Waals surface area (Å²) in [6.45, 7) is 5.39. The number of rotatable bonds is 4. The predicted octanol–water partition coefficient (Wildman–Crippen LogP) is 1.80. The molecule has 122 valence electrons. The van der Waals surface area contributed by atoms with E-state index in [1.807, 2.05) is 11.5 Å². The van der Waals surface area contributed by atoms with Crippen molar-refractivity contribution in [3.63, 3.8) is 0 Å². The van der Waals surface area contributed by atoms with Gasteiger partial charge in [0.2, 0.25) is 0 Å². The van der Waals surface area contributed by atoms with Crippen LogP contribution in [0.4, 0.5) is 0 Å². The number of carbonyl (C=O) groups excluding carboxylic acids is 2. The fraction of sp³-hybridized carbons (Fsp3) is 0.438. The van der Waals surface area contributed by atoms with Crippen LogP contribution in [0.1, 0.15) is 41.7 Å². The number of hydrogen-bond donors (Lipinski definition) is 0. The van der Waals surface area contributed by atoms with Gasteiger partial charge in [0.05, 0.1) is 37.1 Å². The highest BCUT2D eigenvalue weighted by Crippen LogP contribution is 2.30. The Morgan fingerprint density at radius 2 is 2.26 bits per heavy atom. The Kier molecular flexibility index (Phi) is 4.18. The maximum absolute atomic E-state index is 12.5. The molecule has 2 aromatic rings. The van der Waals surface area contributed by atoms with Gasteiger partial charge < -0.3 is 18.6 Å². The van der Waals surface area contributed by atoms with Crippen molar-refractivity contribution in [2.75, 3.05) is 13.2 Å². The van der Waals surface area contributed by atoms with Crippen LogP contribution in [-0.2, 0) is 22.6 Å². The van der Waals surface area contributed by atoms with Crippen molar-refractivity contribution in [2.45, 2.75) is 32.9 Å². The van der Waals surface area contributed by atoms with E-state index >= 15 is 0 Å². The predicted molar refractivity (Wildman–Crippen MR) is 80.7 cm³/mol. The van der Waals surface area contributed by atoms with Crippen molar-refractivity contribution < 1.29 is 18.7 Å². The molecule has 0 N–H and O–H groups in total. The molecule has 0 bridgehead atoms. The molecule has 7 heteroatoms. The zero-order valence-corrected chi connectivity index (χ0v) is 13.2. The smallest absolute Gasteiger partial charge is 0.316 e. The van der Waals surface area contributed by atoms with Gasteiger partial charge in [-0.15, -0.1) is 0 Å². The highest BCUT2D eigenvalue weighted by atomic mass is 16.5. The molecule has 3 rings (SSSR count). The first-order chi connectivity index (χ1) is 11.2. The number of furan rings is 1. The first-order valence-corrected chi connectivity index (χ1v) is 7.69. The fourth-order valence-electron chi connectivity index (χ4n) is 2.90. The van der Waals surface area contributed by atoms with Gasteiger partial charge in [-0.2, -0.15) is 0 Å². The Balaban J connectivity index is 1.93. The Bertz CT molecular complexity index is 705. The van der Waals surface area contributed by atoms with Crippen LogP contribution in [0.2, 0.25) is 0 Å². The van der Waals surface area contributed by atoms with Crippen LogP contribution >= 0.6 is 0 Å². The lowest BCUT2D eigenvalue weighted by molar-refractivity contribution is -0.145. The normalized spacial score (nSPS) is 17.0. The van der Waals surface area contributed by atoms with E-state index in [4.69, 9.17) is 9.15 Å². The molecule has 1 unspecified atom stereocenters. The highest BCUT2D eigenvalue weighted by Gasteiger charge is 2.37. The molecule has 2 aromatic heterocycles. The molecular formula is C16H19N3O4. The van der Waals surface area contributed by atoms with E-state index in [-0.39, 0.29) is 24.2 Å². The number of esters is 1. The van der Waals surface area contributed by atoms with Gasteiger partial charge in [0.15, 0.2) is 5.76 Å². The fourth-order valence-corrected chi connectivity index (χ4v) is 2.90. The topological polar surface area (TPSA) is 77.6 Å².